The van der Waals surface area contributed by atoms with Gasteiger partial charge in [-0.1, -0.05) is 12.1 Å². The minimum Gasteiger partial charge on any atom is -0.497 e. The number of non-ortho nitro benzene ring substituents is 1. The number of hydrogen-bond acceptors (Lipinski definition) is 5. The lowest BCUT2D eigenvalue weighted by Crippen LogP contribution is -2.28. The fraction of sp³-hybridized carbons (Fsp3) is 0.263. The van der Waals surface area contributed by atoms with Gasteiger partial charge in [0, 0.05) is 36.9 Å². The van der Waals surface area contributed by atoms with Gasteiger partial charge in [0.05, 0.1) is 23.6 Å². The first-order valence-electron chi connectivity index (χ1n) is 8.39. The predicted molar refractivity (Wildman–Crippen MR) is 99.9 cm³/mol. The van der Waals surface area contributed by atoms with Crippen LogP contribution in [0.5, 0.6) is 5.75 Å². The zero-order valence-electron chi connectivity index (χ0n) is 15.0. The topological polar surface area (TPSA) is 102 Å². The van der Waals surface area contributed by atoms with Gasteiger partial charge in [-0.3, -0.25) is 19.7 Å². The molecular weight excluding hydrogens is 350 g/mol. The summed E-state index contributed by atoms with van der Waals surface area (Å²) >= 11 is 0. The van der Waals surface area contributed by atoms with Crippen LogP contribution in [0.15, 0.2) is 42.5 Å². The minimum absolute atomic E-state index is 0.0804. The van der Waals surface area contributed by atoms with E-state index in [1.807, 2.05) is 0 Å². The molecule has 1 saturated heterocycles. The van der Waals surface area contributed by atoms with Crippen LogP contribution in [-0.4, -0.2) is 30.4 Å². The number of carbonyl (C=O) groups is 2. The fourth-order valence-corrected chi connectivity index (χ4v) is 3.00. The Labute approximate surface area is 155 Å². The maximum absolute atomic E-state index is 12.6. The van der Waals surface area contributed by atoms with E-state index >= 15 is 0 Å². The molecule has 1 fully saturated rings. The van der Waals surface area contributed by atoms with Crippen molar-refractivity contribution in [1.29, 1.82) is 0 Å². The molecule has 8 heteroatoms. The molecule has 0 spiro atoms. The van der Waals surface area contributed by atoms with E-state index in [9.17, 15) is 19.7 Å². The molecule has 1 aliphatic heterocycles. The summed E-state index contributed by atoms with van der Waals surface area (Å²) in [5.41, 5.74) is 1.65. The number of methoxy groups -OCH3 is 1. The molecule has 0 aliphatic carbocycles. The summed E-state index contributed by atoms with van der Waals surface area (Å²) in [5, 5.41) is 13.6. The molecule has 1 heterocycles. The van der Waals surface area contributed by atoms with Crippen LogP contribution in [0.2, 0.25) is 0 Å². The van der Waals surface area contributed by atoms with Crippen LogP contribution in [0.25, 0.3) is 0 Å². The first kappa shape index (κ1) is 18.4. The quantitative estimate of drug-likeness (QED) is 0.645. The van der Waals surface area contributed by atoms with Crippen LogP contribution in [0, 0.1) is 23.0 Å². The van der Waals surface area contributed by atoms with Crippen molar-refractivity contribution in [2.24, 2.45) is 5.92 Å². The summed E-state index contributed by atoms with van der Waals surface area (Å²) in [6.45, 7) is 1.99. The van der Waals surface area contributed by atoms with Crippen LogP contribution in [0.4, 0.5) is 17.1 Å². The highest BCUT2D eigenvalue weighted by Crippen LogP contribution is 2.29. The Morgan fingerprint density at radius 3 is 2.78 bits per heavy atom. The Bertz CT molecular complexity index is 912. The molecule has 0 radical (unpaired) electrons. The number of amides is 2. The van der Waals surface area contributed by atoms with Gasteiger partial charge < -0.3 is 15.0 Å². The summed E-state index contributed by atoms with van der Waals surface area (Å²) in [5.74, 6) is -0.403. The monoisotopic (exact) mass is 369 g/mol. The van der Waals surface area contributed by atoms with Crippen LogP contribution >= 0.6 is 0 Å². The van der Waals surface area contributed by atoms with Crippen molar-refractivity contribution in [2.75, 3.05) is 23.9 Å². The molecule has 0 bridgehead atoms. The summed E-state index contributed by atoms with van der Waals surface area (Å²) in [6, 6.07) is 11.4. The lowest BCUT2D eigenvalue weighted by Gasteiger charge is -2.17. The maximum Gasteiger partial charge on any atom is 0.271 e. The van der Waals surface area contributed by atoms with Crippen molar-refractivity contribution < 1.29 is 19.2 Å². The summed E-state index contributed by atoms with van der Waals surface area (Å²) in [6.07, 6.45) is 0.0804. The Hall–Kier alpha value is -3.42. The second-order valence-electron chi connectivity index (χ2n) is 6.35. The van der Waals surface area contributed by atoms with Gasteiger partial charge in [0.1, 0.15) is 5.75 Å². The van der Waals surface area contributed by atoms with E-state index in [0.29, 0.717) is 22.7 Å². The van der Waals surface area contributed by atoms with Gasteiger partial charge in [0.25, 0.3) is 5.69 Å². The molecule has 27 heavy (non-hydrogen) atoms. The Balaban J connectivity index is 1.74. The first-order chi connectivity index (χ1) is 12.9. The molecule has 1 unspecified atom stereocenters. The predicted octanol–water partition coefficient (Wildman–Crippen LogP) is 2.90. The number of ether oxygens (including phenoxy) is 1. The summed E-state index contributed by atoms with van der Waals surface area (Å²) < 4.78 is 5.17. The zero-order chi connectivity index (χ0) is 19.6. The third kappa shape index (κ3) is 3.89. The number of nitrogens with zero attached hydrogens (tertiary/aromatic N) is 2. The molecule has 2 amide bonds. The number of hydrogen-bond donors (Lipinski definition) is 1. The number of nitro benzene ring substituents is 1. The van der Waals surface area contributed by atoms with E-state index in [1.54, 1.807) is 49.3 Å². The minimum atomic E-state index is -0.539. The molecule has 1 N–H and O–H groups in total. The average Bonchev–Trinajstić information content (AvgIpc) is 3.05. The van der Waals surface area contributed by atoms with Crippen molar-refractivity contribution in [3.63, 3.8) is 0 Å². The van der Waals surface area contributed by atoms with E-state index in [1.165, 1.54) is 12.1 Å². The molecular formula is C19H19N3O5. The average molecular weight is 369 g/mol. The first-order valence-corrected chi connectivity index (χ1v) is 8.39. The second-order valence-corrected chi connectivity index (χ2v) is 6.35. The van der Waals surface area contributed by atoms with Gasteiger partial charge in [0.2, 0.25) is 11.8 Å². The molecule has 2 aromatic rings. The largest absolute Gasteiger partial charge is 0.497 e. The number of carbonyl (C=O) groups excluding carboxylic acids is 2. The fourth-order valence-electron chi connectivity index (χ4n) is 3.00. The van der Waals surface area contributed by atoms with Gasteiger partial charge in [-0.15, -0.1) is 0 Å². The summed E-state index contributed by atoms with van der Waals surface area (Å²) in [7, 11) is 1.54. The van der Waals surface area contributed by atoms with Crippen molar-refractivity contribution in [2.45, 2.75) is 13.3 Å². The smallest absolute Gasteiger partial charge is 0.271 e. The van der Waals surface area contributed by atoms with Crippen molar-refractivity contribution in [3.8, 4) is 5.75 Å². The molecule has 1 atom stereocenters. The number of rotatable bonds is 5. The third-order valence-corrected chi connectivity index (χ3v) is 4.55. The van der Waals surface area contributed by atoms with E-state index in [4.69, 9.17) is 4.74 Å². The van der Waals surface area contributed by atoms with Gasteiger partial charge in [-0.2, -0.15) is 0 Å². The second kappa shape index (κ2) is 7.45. The van der Waals surface area contributed by atoms with Gasteiger partial charge in [0.15, 0.2) is 0 Å². The molecule has 140 valence electrons. The highest BCUT2D eigenvalue weighted by molar-refractivity contribution is 6.03. The highest BCUT2D eigenvalue weighted by Gasteiger charge is 2.35. The number of aryl methyl sites for hydroxylation is 1. The molecule has 8 nitrogen and oxygen atoms in total. The molecule has 1 aliphatic rings. The van der Waals surface area contributed by atoms with Gasteiger partial charge in [-0.25, -0.2) is 0 Å². The van der Waals surface area contributed by atoms with E-state index in [0.717, 1.165) is 0 Å². The molecule has 2 aromatic carbocycles. The number of benzene rings is 2. The van der Waals surface area contributed by atoms with Gasteiger partial charge in [-0.05, 0) is 24.6 Å². The normalized spacial score (nSPS) is 16.3. The SMILES string of the molecule is COc1cccc(N2CC(C(=O)Nc3cc([N+](=O)[O-])ccc3C)CC2=O)c1. The van der Waals surface area contributed by atoms with E-state index < -0.39 is 10.8 Å². The maximum atomic E-state index is 12.6. The van der Waals surface area contributed by atoms with Crippen LogP contribution in [0.3, 0.4) is 0 Å². The van der Waals surface area contributed by atoms with E-state index in [2.05, 4.69) is 5.32 Å². The van der Waals surface area contributed by atoms with Crippen LogP contribution < -0.4 is 15.0 Å². The highest BCUT2D eigenvalue weighted by atomic mass is 16.6. The summed E-state index contributed by atoms with van der Waals surface area (Å²) in [4.78, 5) is 36.9. The number of anilines is 2. The molecule has 0 saturated carbocycles. The standard InChI is InChI=1S/C19H19N3O5/c1-12-6-7-15(22(25)26)10-17(12)20-19(24)13-8-18(23)21(11-13)14-4-3-5-16(9-14)27-2/h3-7,9-10,13H,8,11H2,1-2H3,(H,20,24). The van der Waals surface area contributed by atoms with Crippen LogP contribution in [-0.2, 0) is 9.59 Å². The Morgan fingerprint density at radius 1 is 1.30 bits per heavy atom. The third-order valence-electron chi connectivity index (χ3n) is 4.55. The molecule has 3 rings (SSSR count). The van der Waals surface area contributed by atoms with Gasteiger partial charge >= 0.3 is 0 Å². The van der Waals surface area contributed by atoms with Crippen molar-refractivity contribution in [1.82, 2.24) is 0 Å². The lowest BCUT2D eigenvalue weighted by atomic mass is 10.1. The zero-order valence-corrected chi connectivity index (χ0v) is 15.0. The number of nitrogens with one attached hydrogen (secondary N) is 1. The Kier molecular flexibility index (Phi) is 5.07. The molecule has 0 aromatic heterocycles. The number of nitro groups is 1. The van der Waals surface area contributed by atoms with Crippen molar-refractivity contribution in [3.05, 3.63) is 58.1 Å². The Morgan fingerprint density at radius 2 is 2.07 bits per heavy atom. The van der Waals surface area contributed by atoms with Crippen molar-refractivity contribution >= 4 is 28.9 Å². The van der Waals surface area contributed by atoms with E-state index in [-0.39, 0.29) is 30.5 Å². The van der Waals surface area contributed by atoms with Crippen LogP contribution in [0.1, 0.15) is 12.0 Å². The lowest BCUT2D eigenvalue weighted by molar-refractivity contribution is -0.384.